The van der Waals surface area contributed by atoms with Crippen molar-refractivity contribution < 1.29 is 0 Å². The Morgan fingerprint density at radius 3 is 2.25 bits per heavy atom. The van der Waals surface area contributed by atoms with Crippen molar-refractivity contribution in [3.8, 4) is 0 Å². The highest BCUT2D eigenvalue weighted by Gasteiger charge is 1.54. The van der Waals surface area contributed by atoms with Crippen LogP contribution < -0.4 is 4.98 Å². The number of hydrogen-bond acceptors (Lipinski definition) is 1. The molecule has 1 N–H and O–H groups in total. The Labute approximate surface area is 31.9 Å². The standard InChI is InChI=1S/CH9NSi2/c1-2-4-3/h2H,4H2,1,3H3. The molecule has 0 spiro atoms. The molecule has 0 aliphatic rings. The summed E-state index contributed by atoms with van der Waals surface area (Å²) in [4.78, 5) is 3.13. The van der Waals surface area contributed by atoms with Crippen LogP contribution in [0.25, 0.3) is 0 Å². The second kappa shape index (κ2) is 3.39. The monoisotopic (exact) mass is 91.0 g/mol. The number of rotatable bonds is 1. The van der Waals surface area contributed by atoms with E-state index in [-0.39, 0.29) is 0 Å². The van der Waals surface area contributed by atoms with Gasteiger partial charge in [0.2, 0.25) is 0 Å². The first-order valence-corrected chi connectivity index (χ1v) is 7.92. The predicted molar refractivity (Wildman–Crippen MR) is 27.5 cm³/mol. The second-order valence-electron chi connectivity index (χ2n) is 0.707. The molecule has 0 atom stereocenters. The van der Waals surface area contributed by atoms with E-state index in [4.69, 9.17) is 0 Å². The van der Waals surface area contributed by atoms with Crippen molar-refractivity contribution in [1.82, 2.24) is 4.98 Å². The summed E-state index contributed by atoms with van der Waals surface area (Å²) in [6.07, 6.45) is 0. The molecule has 0 amide bonds. The molecule has 1 nitrogen and oxygen atoms in total. The molecule has 4 heavy (non-hydrogen) atoms. The Kier molecular flexibility index (Phi) is 3.73. The second-order valence-corrected chi connectivity index (χ2v) is 4.24. The third-order valence-corrected chi connectivity index (χ3v) is 3.18. The molecule has 0 fully saturated rings. The molecule has 0 saturated heterocycles. The molecule has 0 bridgehead atoms. The average molecular weight is 91.3 g/mol. The van der Waals surface area contributed by atoms with E-state index >= 15 is 0 Å². The van der Waals surface area contributed by atoms with Crippen molar-refractivity contribution in [1.29, 1.82) is 0 Å². The summed E-state index contributed by atoms with van der Waals surface area (Å²) in [6.45, 7) is 0. The molecule has 0 radical (unpaired) electrons. The summed E-state index contributed by atoms with van der Waals surface area (Å²) < 4.78 is 0. The van der Waals surface area contributed by atoms with Gasteiger partial charge in [0.25, 0.3) is 0 Å². The van der Waals surface area contributed by atoms with Gasteiger partial charge in [-0.2, -0.15) is 0 Å². The maximum atomic E-state index is 3.13. The van der Waals surface area contributed by atoms with Crippen LogP contribution in [0.5, 0.6) is 0 Å². The quantitative estimate of drug-likeness (QED) is 0.354. The van der Waals surface area contributed by atoms with Gasteiger partial charge in [-0.1, -0.05) is 0 Å². The summed E-state index contributed by atoms with van der Waals surface area (Å²) in [5, 5.41) is 0. The van der Waals surface area contributed by atoms with Crippen LogP contribution in [-0.4, -0.2) is 26.0 Å². The zero-order valence-corrected chi connectivity index (χ0v) is 6.62. The van der Waals surface area contributed by atoms with Gasteiger partial charge in [-0.15, -0.1) is 0 Å². The lowest BCUT2D eigenvalue weighted by Crippen LogP contribution is -2.11. The van der Waals surface area contributed by atoms with Gasteiger partial charge in [0, 0.05) is 9.76 Å². The van der Waals surface area contributed by atoms with Crippen molar-refractivity contribution >= 4 is 19.0 Å². The first-order chi connectivity index (χ1) is 1.91. The van der Waals surface area contributed by atoms with E-state index in [0.717, 1.165) is 0 Å². The molecule has 0 rings (SSSR count). The number of nitrogens with one attached hydrogen (secondary N) is 1. The fraction of sp³-hybridized carbons (Fsp3) is 1.00. The molecule has 3 heteroatoms. The molecule has 0 aliphatic heterocycles. The van der Waals surface area contributed by atoms with Crippen molar-refractivity contribution in [3.05, 3.63) is 0 Å². The van der Waals surface area contributed by atoms with Gasteiger partial charge in [0.05, 0.1) is 9.20 Å². The topological polar surface area (TPSA) is 12.0 Å². The van der Waals surface area contributed by atoms with Gasteiger partial charge < -0.3 is 4.98 Å². The molecule has 26 valence electrons. The van der Waals surface area contributed by atoms with Crippen LogP contribution >= 0.6 is 0 Å². The minimum atomic E-state index is 0.313. The Bertz CT molecular complexity index is 8.00. The minimum absolute atomic E-state index is 0.313. The maximum absolute atomic E-state index is 3.13. The van der Waals surface area contributed by atoms with E-state index in [0.29, 0.717) is 9.20 Å². The molecule has 0 aliphatic carbocycles. The summed E-state index contributed by atoms with van der Waals surface area (Å²) in [6, 6.07) is 0. The zero-order chi connectivity index (χ0) is 3.41. The fourth-order valence-corrected chi connectivity index (χ4v) is 0. The van der Waals surface area contributed by atoms with Gasteiger partial charge in [0.1, 0.15) is 0 Å². The highest BCUT2D eigenvalue weighted by molar-refractivity contribution is 6.87. The van der Waals surface area contributed by atoms with Crippen LogP contribution in [0, 0.1) is 0 Å². The molecule has 0 heterocycles. The van der Waals surface area contributed by atoms with Gasteiger partial charge in [-0.05, 0) is 7.05 Å². The Balaban J connectivity index is 1.97. The van der Waals surface area contributed by atoms with Crippen molar-refractivity contribution in [2.75, 3.05) is 7.05 Å². The highest BCUT2D eigenvalue weighted by Crippen LogP contribution is 1.16. The third kappa shape index (κ3) is 2.39. The van der Waals surface area contributed by atoms with Gasteiger partial charge >= 0.3 is 0 Å². The first-order valence-electron chi connectivity index (χ1n) is 1.56. The number of hydrogen-bond donors (Lipinski definition) is 1. The zero-order valence-electron chi connectivity index (χ0n) is 3.21. The van der Waals surface area contributed by atoms with Crippen LogP contribution in [0.3, 0.4) is 0 Å². The Morgan fingerprint density at radius 1 is 2.00 bits per heavy atom. The van der Waals surface area contributed by atoms with Crippen LogP contribution in [0.2, 0.25) is 0 Å². The van der Waals surface area contributed by atoms with E-state index in [1.54, 1.807) is 0 Å². The lowest BCUT2D eigenvalue weighted by Gasteiger charge is -1.74. The third-order valence-electron chi connectivity index (χ3n) is 0.354. The van der Waals surface area contributed by atoms with Crippen LogP contribution in [0.1, 0.15) is 0 Å². The van der Waals surface area contributed by atoms with Gasteiger partial charge in [0.15, 0.2) is 0 Å². The molecular formula is CH9NSi2. The largest absolute Gasteiger partial charge is 0.348 e. The van der Waals surface area contributed by atoms with Crippen LogP contribution in [0.15, 0.2) is 0 Å². The first kappa shape index (κ1) is 4.39. The lowest BCUT2D eigenvalue weighted by atomic mass is 11.6. The average Bonchev–Trinajstić information content (AvgIpc) is 1.37. The smallest absolute Gasteiger partial charge is 0.0718 e. The summed E-state index contributed by atoms with van der Waals surface area (Å²) in [7, 11) is 3.76. The lowest BCUT2D eigenvalue weighted by molar-refractivity contribution is 1.27. The Hall–Kier alpha value is 0.394. The summed E-state index contributed by atoms with van der Waals surface area (Å²) in [5.74, 6) is 0. The van der Waals surface area contributed by atoms with Crippen molar-refractivity contribution in [2.45, 2.75) is 0 Å². The van der Waals surface area contributed by atoms with E-state index in [1.165, 1.54) is 9.76 Å². The predicted octanol–water partition coefficient (Wildman–Crippen LogP) is -2.43. The van der Waals surface area contributed by atoms with Crippen LogP contribution in [0.4, 0.5) is 0 Å². The van der Waals surface area contributed by atoms with E-state index in [2.05, 4.69) is 4.98 Å². The van der Waals surface area contributed by atoms with Crippen LogP contribution in [-0.2, 0) is 0 Å². The highest BCUT2D eigenvalue weighted by atomic mass is 29.1. The molecule has 0 aromatic heterocycles. The van der Waals surface area contributed by atoms with E-state index < -0.39 is 0 Å². The fourth-order valence-electron chi connectivity index (χ4n) is 0. The van der Waals surface area contributed by atoms with E-state index in [1.807, 2.05) is 7.05 Å². The summed E-state index contributed by atoms with van der Waals surface area (Å²) in [5.41, 5.74) is 0. The molecule has 0 unspecified atom stereocenters. The van der Waals surface area contributed by atoms with Gasteiger partial charge in [-0.25, -0.2) is 0 Å². The molecule has 0 saturated carbocycles. The maximum Gasteiger partial charge on any atom is 0.0718 e. The van der Waals surface area contributed by atoms with Crippen molar-refractivity contribution in [3.63, 3.8) is 0 Å². The van der Waals surface area contributed by atoms with Crippen molar-refractivity contribution in [2.24, 2.45) is 0 Å². The molecular weight excluding hydrogens is 82.2 g/mol. The normalized spacial score (nSPS) is 11.2. The molecule has 0 aromatic rings. The minimum Gasteiger partial charge on any atom is -0.348 e. The van der Waals surface area contributed by atoms with Gasteiger partial charge in [-0.3, -0.25) is 0 Å². The summed E-state index contributed by atoms with van der Waals surface area (Å²) >= 11 is 0. The Morgan fingerprint density at radius 2 is 2.25 bits per heavy atom. The molecule has 0 aromatic carbocycles. The SMILES string of the molecule is CN[SiH2][SiH3]. The van der Waals surface area contributed by atoms with E-state index in [9.17, 15) is 0 Å².